The van der Waals surface area contributed by atoms with Gasteiger partial charge in [0.1, 0.15) is 5.67 Å². The molecular formula is C2HClN2. The van der Waals surface area contributed by atoms with Crippen LogP contribution in [0.3, 0.4) is 0 Å². The van der Waals surface area contributed by atoms with E-state index in [9.17, 15) is 0 Å². The second kappa shape index (κ2) is 3.45. The molecule has 0 saturated carbocycles. The van der Waals surface area contributed by atoms with Gasteiger partial charge in [0.25, 0.3) is 0 Å². The van der Waals surface area contributed by atoms with Gasteiger partial charge in [0.2, 0.25) is 6.19 Å². The number of hydrogen-bond donors (Lipinski definition) is 0. The summed E-state index contributed by atoms with van der Waals surface area (Å²) in [5, 5.41) is 7.53. The van der Waals surface area contributed by atoms with Crippen molar-refractivity contribution in [2.45, 2.75) is 0 Å². The SMILES string of the molecule is N#CN=CCl. The second-order valence-electron chi connectivity index (χ2n) is 0.327. The average Bonchev–Trinajstić information content (AvgIpc) is 1.41. The van der Waals surface area contributed by atoms with Crippen LogP contribution >= 0.6 is 11.6 Å². The van der Waals surface area contributed by atoms with Crippen molar-refractivity contribution in [2.75, 3.05) is 0 Å². The summed E-state index contributed by atoms with van der Waals surface area (Å²) in [7, 11) is 0. The molecule has 0 aliphatic heterocycles. The minimum Gasteiger partial charge on any atom is -0.170 e. The third-order valence-corrected chi connectivity index (χ3v) is 0.204. The monoisotopic (exact) mass is 88.0 g/mol. The molecule has 0 saturated heterocycles. The van der Waals surface area contributed by atoms with Crippen molar-refractivity contribution in [3.05, 3.63) is 0 Å². The predicted molar refractivity (Wildman–Crippen MR) is 20.0 cm³/mol. The Hall–Kier alpha value is -0.550. The van der Waals surface area contributed by atoms with Crippen LogP contribution in [0.5, 0.6) is 0 Å². The molecule has 0 spiro atoms. The zero-order valence-corrected chi connectivity index (χ0v) is 3.11. The number of halogens is 1. The number of nitrogens with zero attached hydrogens (tertiary/aromatic N) is 2. The Morgan fingerprint density at radius 3 is 2.60 bits per heavy atom. The van der Waals surface area contributed by atoms with Crippen LogP contribution < -0.4 is 0 Å². The third-order valence-electron chi connectivity index (χ3n) is 0.107. The third kappa shape index (κ3) is 3.45. The molecule has 0 heterocycles. The van der Waals surface area contributed by atoms with Gasteiger partial charge in [-0.3, -0.25) is 0 Å². The van der Waals surface area contributed by atoms with Crippen LogP contribution in [0.2, 0.25) is 0 Å². The van der Waals surface area contributed by atoms with Gasteiger partial charge >= 0.3 is 0 Å². The summed E-state index contributed by atoms with van der Waals surface area (Å²) in [6.07, 6.45) is 1.45. The van der Waals surface area contributed by atoms with Gasteiger partial charge < -0.3 is 0 Å². The Morgan fingerprint density at radius 1 is 2.00 bits per heavy atom. The van der Waals surface area contributed by atoms with E-state index in [1.807, 2.05) is 0 Å². The van der Waals surface area contributed by atoms with Crippen molar-refractivity contribution in [1.82, 2.24) is 0 Å². The molecule has 5 heavy (non-hydrogen) atoms. The Morgan fingerprint density at radius 2 is 2.60 bits per heavy atom. The number of nitriles is 1. The molecule has 0 radical (unpaired) electrons. The van der Waals surface area contributed by atoms with E-state index in [-0.39, 0.29) is 0 Å². The summed E-state index contributed by atoms with van der Waals surface area (Å²) in [6, 6.07) is 0. The first-order valence-corrected chi connectivity index (χ1v) is 1.36. The summed E-state index contributed by atoms with van der Waals surface area (Å²) in [4.78, 5) is 2.92. The smallest absolute Gasteiger partial charge is 0.170 e. The van der Waals surface area contributed by atoms with E-state index in [1.54, 1.807) is 0 Å². The van der Waals surface area contributed by atoms with E-state index >= 15 is 0 Å². The lowest BCUT2D eigenvalue weighted by molar-refractivity contribution is 1.45. The molecule has 0 bridgehead atoms. The van der Waals surface area contributed by atoms with Gasteiger partial charge in [-0.25, -0.2) is 0 Å². The zero-order chi connectivity index (χ0) is 4.12. The van der Waals surface area contributed by atoms with Crippen molar-refractivity contribution >= 4 is 17.3 Å². The van der Waals surface area contributed by atoms with Gasteiger partial charge in [-0.2, -0.15) is 10.3 Å². The minimum atomic E-state index is 0.917. The summed E-state index contributed by atoms with van der Waals surface area (Å²) in [6.45, 7) is 0. The van der Waals surface area contributed by atoms with Gasteiger partial charge in [0.05, 0.1) is 0 Å². The minimum absolute atomic E-state index is 0.917. The van der Waals surface area contributed by atoms with Crippen molar-refractivity contribution in [3.8, 4) is 6.19 Å². The zero-order valence-electron chi connectivity index (χ0n) is 2.35. The number of aliphatic imine (C=N–C) groups is 1. The molecular weight excluding hydrogens is 87.5 g/mol. The second-order valence-corrected chi connectivity index (χ2v) is 0.522. The molecule has 0 atom stereocenters. The van der Waals surface area contributed by atoms with E-state index < -0.39 is 0 Å². The molecule has 0 aromatic rings. The molecule has 3 heteroatoms. The fourth-order valence-corrected chi connectivity index (χ4v) is 0.0655. The quantitative estimate of drug-likeness (QED) is 0.318. The Kier molecular flexibility index (Phi) is 3.07. The van der Waals surface area contributed by atoms with Gasteiger partial charge in [-0.15, -0.1) is 0 Å². The Balaban J connectivity index is 3.04. The fourth-order valence-electron chi connectivity index (χ4n) is 0.0218. The van der Waals surface area contributed by atoms with E-state index in [0.29, 0.717) is 0 Å². The highest BCUT2D eigenvalue weighted by atomic mass is 35.5. The first-order chi connectivity index (χ1) is 2.41. The fraction of sp³-hybridized carbons (Fsp3) is 0. The molecule has 0 aliphatic carbocycles. The lowest BCUT2D eigenvalue weighted by Crippen LogP contribution is -1.41. The molecule has 2 nitrogen and oxygen atoms in total. The normalized spacial score (nSPS) is 8.00. The molecule has 0 aromatic heterocycles. The molecule has 0 rings (SSSR count). The van der Waals surface area contributed by atoms with E-state index in [2.05, 4.69) is 4.99 Å². The van der Waals surface area contributed by atoms with Crippen LogP contribution in [-0.4, -0.2) is 5.67 Å². The van der Waals surface area contributed by atoms with Gasteiger partial charge in [-0.1, -0.05) is 11.6 Å². The van der Waals surface area contributed by atoms with Crippen LogP contribution in [0.25, 0.3) is 0 Å². The van der Waals surface area contributed by atoms with Crippen LogP contribution in [-0.2, 0) is 0 Å². The topological polar surface area (TPSA) is 36.1 Å². The summed E-state index contributed by atoms with van der Waals surface area (Å²) >= 11 is 4.79. The predicted octanol–water partition coefficient (Wildman–Crippen LogP) is 0.735. The van der Waals surface area contributed by atoms with Crippen molar-refractivity contribution < 1.29 is 0 Å². The van der Waals surface area contributed by atoms with Gasteiger partial charge in [0.15, 0.2) is 0 Å². The van der Waals surface area contributed by atoms with Gasteiger partial charge in [0, 0.05) is 0 Å². The van der Waals surface area contributed by atoms with E-state index in [0.717, 1.165) is 5.67 Å². The largest absolute Gasteiger partial charge is 0.206 e. The summed E-state index contributed by atoms with van der Waals surface area (Å²) in [5.41, 5.74) is 0.917. The number of rotatable bonds is 0. The first kappa shape index (κ1) is 4.45. The molecule has 0 fully saturated rings. The number of hydrogen-bond acceptors (Lipinski definition) is 2. The average molecular weight is 88.5 g/mol. The lowest BCUT2D eigenvalue weighted by atomic mass is 11.3. The molecule has 0 unspecified atom stereocenters. The molecule has 0 aromatic carbocycles. The van der Waals surface area contributed by atoms with Crippen molar-refractivity contribution in [2.24, 2.45) is 4.99 Å². The maximum absolute atomic E-state index is 7.53. The summed E-state index contributed by atoms with van der Waals surface area (Å²) < 4.78 is 0. The van der Waals surface area contributed by atoms with Crippen molar-refractivity contribution in [1.29, 1.82) is 5.26 Å². The first-order valence-electron chi connectivity index (χ1n) is 0.924. The van der Waals surface area contributed by atoms with Gasteiger partial charge in [-0.05, 0) is 0 Å². The standard InChI is InChI=1S/C2HClN2/c3-1-5-2-4/h1H. The van der Waals surface area contributed by atoms with Crippen LogP contribution in [0, 0.1) is 11.5 Å². The Bertz CT molecular complexity index is 70.2. The molecule has 0 amide bonds. The highest BCUT2D eigenvalue weighted by Crippen LogP contribution is 1.59. The van der Waals surface area contributed by atoms with Crippen LogP contribution in [0.4, 0.5) is 0 Å². The Labute approximate surface area is 34.7 Å². The maximum Gasteiger partial charge on any atom is 0.206 e. The highest BCUT2D eigenvalue weighted by Gasteiger charge is 1.47. The summed E-state index contributed by atoms with van der Waals surface area (Å²) in [5.74, 6) is 0. The maximum atomic E-state index is 7.53. The molecule has 0 aliphatic rings. The van der Waals surface area contributed by atoms with Crippen LogP contribution in [0.1, 0.15) is 0 Å². The lowest BCUT2D eigenvalue weighted by Gasteiger charge is -1.46. The van der Waals surface area contributed by atoms with E-state index in [4.69, 9.17) is 16.9 Å². The van der Waals surface area contributed by atoms with Crippen molar-refractivity contribution in [3.63, 3.8) is 0 Å². The van der Waals surface area contributed by atoms with E-state index in [1.165, 1.54) is 6.19 Å². The highest BCUT2D eigenvalue weighted by molar-refractivity contribution is 6.56. The van der Waals surface area contributed by atoms with Crippen LogP contribution in [0.15, 0.2) is 4.99 Å². The molecule has 26 valence electrons. The molecule has 0 N–H and O–H groups in total.